The van der Waals surface area contributed by atoms with E-state index in [0.717, 1.165) is 51.7 Å². The van der Waals surface area contributed by atoms with E-state index in [0.29, 0.717) is 18.6 Å². The van der Waals surface area contributed by atoms with Gasteiger partial charge in [0.05, 0.1) is 6.61 Å². The van der Waals surface area contributed by atoms with Crippen LogP contribution in [0, 0.1) is 5.92 Å². The predicted octanol–water partition coefficient (Wildman–Crippen LogP) is 1.79. The Morgan fingerprint density at radius 2 is 2.05 bits per heavy atom. The van der Waals surface area contributed by atoms with Crippen LogP contribution in [0.4, 0.5) is 0 Å². The maximum Gasteiger partial charge on any atom is 0.323 e. The number of carbonyl (C=O) groups is 1. The molecule has 0 aromatic heterocycles. The molecule has 0 radical (unpaired) electrons. The van der Waals surface area contributed by atoms with Crippen molar-refractivity contribution in [3.05, 3.63) is 0 Å². The first kappa shape index (κ1) is 14.8. The standard InChI is InChI=1S/C15H28N2O2/c1-12(2)7-11-19-15(18)14-4-3-10-17(14)13-5-8-16-9-6-13/h12-14,16H,3-11H2,1-2H3. The van der Waals surface area contributed by atoms with Crippen molar-refractivity contribution in [1.82, 2.24) is 10.2 Å². The highest BCUT2D eigenvalue weighted by Crippen LogP contribution is 2.25. The van der Waals surface area contributed by atoms with Crippen molar-refractivity contribution in [2.45, 2.75) is 58.0 Å². The molecule has 0 saturated carbocycles. The number of nitrogens with one attached hydrogen (secondary N) is 1. The molecule has 1 atom stereocenters. The molecular weight excluding hydrogens is 240 g/mol. The summed E-state index contributed by atoms with van der Waals surface area (Å²) < 4.78 is 5.46. The summed E-state index contributed by atoms with van der Waals surface area (Å²) in [6, 6.07) is 0.599. The smallest absolute Gasteiger partial charge is 0.323 e. The van der Waals surface area contributed by atoms with Gasteiger partial charge >= 0.3 is 5.97 Å². The summed E-state index contributed by atoms with van der Waals surface area (Å²) in [5.74, 6) is 0.605. The van der Waals surface area contributed by atoms with Crippen molar-refractivity contribution in [1.29, 1.82) is 0 Å². The average Bonchev–Trinajstić information content (AvgIpc) is 2.88. The number of carbonyl (C=O) groups excluding carboxylic acids is 1. The molecule has 2 rings (SSSR count). The van der Waals surface area contributed by atoms with Gasteiger partial charge in [-0.05, 0) is 57.7 Å². The largest absolute Gasteiger partial charge is 0.465 e. The second kappa shape index (κ2) is 7.25. The normalized spacial score (nSPS) is 25.9. The Morgan fingerprint density at radius 1 is 1.32 bits per heavy atom. The van der Waals surface area contributed by atoms with Crippen molar-refractivity contribution in [2.75, 3.05) is 26.2 Å². The molecule has 0 spiro atoms. The Labute approximate surface area is 116 Å². The monoisotopic (exact) mass is 268 g/mol. The molecule has 0 aromatic rings. The van der Waals surface area contributed by atoms with Crippen LogP contribution >= 0.6 is 0 Å². The lowest BCUT2D eigenvalue weighted by Gasteiger charge is -2.34. The van der Waals surface area contributed by atoms with Gasteiger partial charge < -0.3 is 10.1 Å². The summed E-state index contributed by atoms with van der Waals surface area (Å²) in [6.45, 7) is 8.11. The van der Waals surface area contributed by atoms with Crippen LogP contribution in [0.3, 0.4) is 0 Å². The van der Waals surface area contributed by atoms with Crippen molar-refractivity contribution in [2.24, 2.45) is 5.92 Å². The molecule has 2 aliphatic rings. The maximum atomic E-state index is 12.2. The average molecular weight is 268 g/mol. The van der Waals surface area contributed by atoms with E-state index >= 15 is 0 Å². The van der Waals surface area contributed by atoms with Crippen LogP contribution in [0.1, 0.15) is 46.0 Å². The fraction of sp³-hybridized carbons (Fsp3) is 0.933. The van der Waals surface area contributed by atoms with E-state index in [4.69, 9.17) is 4.74 Å². The lowest BCUT2D eigenvalue weighted by atomic mass is 10.0. The molecule has 0 aromatic carbocycles. The van der Waals surface area contributed by atoms with Crippen LogP contribution in [0.5, 0.6) is 0 Å². The summed E-state index contributed by atoms with van der Waals surface area (Å²) in [4.78, 5) is 14.6. The number of hydrogen-bond donors (Lipinski definition) is 1. The lowest BCUT2D eigenvalue weighted by Crippen LogP contribution is -2.48. The predicted molar refractivity (Wildman–Crippen MR) is 76.0 cm³/mol. The van der Waals surface area contributed by atoms with Gasteiger partial charge in [0.2, 0.25) is 0 Å². The molecule has 1 unspecified atom stereocenters. The minimum absolute atomic E-state index is 0.0108. The molecule has 2 heterocycles. The maximum absolute atomic E-state index is 12.2. The minimum Gasteiger partial charge on any atom is -0.465 e. The zero-order valence-electron chi connectivity index (χ0n) is 12.4. The van der Waals surface area contributed by atoms with Gasteiger partial charge in [0.1, 0.15) is 6.04 Å². The number of ether oxygens (including phenoxy) is 1. The van der Waals surface area contributed by atoms with Crippen molar-refractivity contribution >= 4 is 5.97 Å². The van der Waals surface area contributed by atoms with Crippen LogP contribution in [-0.4, -0.2) is 49.2 Å². The molecule has 4 nitrogen and oxygen atoms in total. The van der Waals surface area contributed by atoms with Crippen molar-refractivity contribution in [3.63, 3.8) is 0 Å². The highest BCUT2D eigenvalue weighted by molar-refractivity contribution is 5.76. The first-order chi connectivity index (χ1) is 9.18. The number of piperidine rings is 1. The fourth-order valence-corrected chi connectivity index (χ4v) is 3.11. The van der Waals surface area contributed by atoms with E-state index in [1.165, 1.54) is 0 Å². The third kappa shape index (κ3) is 4.18. The molecular formula is C15H28N2O2. The zero-order chi connectivity index (χ0) is 13.7. The molecule has 4 heteroatoms. The molecule has 0 bridgehead atoms. The third-order valence-electron chi connectivity index (χ3n) is 4.28. The van der Waals surface area contributed by atoms with E-state index in [1.807, 2.05) is 0 Å². The van der Waals surface area contributed by atoms with E-state index in [1.54, 1.807) is 0 Å². The first-order valence-corrected chi connectivity index (χ1v) is 7.81. The van der Waals surface area contributed by atoms with E-state index < -0.39 is 0 Å². The van der Waals surface area contributed by atoms with Crippen LogP contribution in [-0.2, 0) is 9.53 Å². The third-order valence-corrected chi connectivity index (χ3v) is 4.28. The molecule has 0 amide bonds. The van der Waals surface area contributed by atoms with Crippen LogP contribution < -0.4 is 5.32 Å². The van der Waals surface area contributed by atoms with Crippen LogP contribution in [0.25, 0.3) is 0 Å². The minimum atomic E-state index is 0.0108. The molecule has 2 fully saturated rings. The SMILES string of the molecule is CC(C)CCOC(=O)C1CCCN1C1CCNCC1. The molecule has 19 heavy (non-hydrogen) atoms. The van der Waals surface area contributed by atoms with Crippen molar-refractivity contribution in [3.8, 4) is 0 Å². The number of rotatable bonds is 5. The first-order valence-electron chi connectivity index (χ1n) is 7.81. The number of esters is 1. The summed E-state index contributed by atoms with van der Waals surface area (Å²) in [7, 11) is 0. The lowest BCUT2D eigenvalue weighted by molar-refractivity contribution is -0.150. The van der Waals surface area contributed by atoms with Gasteiger partial charge in [-0.25, -0.2) is 0 Å². The number of hydrogen-bond acceptors (Lipinski definition) is 4. The Morgan fingerprint density at radius 3 is 2.74 bits per heavy atom. The fourth-order valence-electron chi connectivity index (χ4n) is 3.11. The van der Waals surface area contributed by atoms with Gasteiger partial charge in [0, 0.05) is 6.04 Å². The van der Waals surface area contributed by atoms with Gasteiger partial charge in [-0.1, -0.05) is 13.8 Å². The zero-order valence-corrected chi connectivity index (χ0v) is 12.4. The molecule has 0 aliphatic carbocycles. The topological polar surface area (TPSA) is 41.6 Å². The Hall–Kier alpha value is -0.610. The molecule has 110 valence electrons. The highest BCUT2D eigenvalue weighted by atomic mass is 16.5. The van der Waals surface area contributed by atoms with E-state index in [2.05, 4.69) is 24.1 Å². The highest BCUT2D eigenvalue weighted by Gasteiger charge is 2.36. The Balaban J connectivity index is 1.81. The number of likely N-dealkylation sites (tertiary alicyclic amines) is 1. The molecule has 2 aliphatic heterocycles. The summed E-state index contributed by atoms with van der Waals surface area (Å²) in [5.41, 5.74) is 0. The van der Waals surface area contributed by atoms with Gasteiger partial charge in [0.15, 0.2) is 0 Å². The summed E-state index contributed by atoms with van der Waals surface area (Å²) in [6.07, 6.45) is 5.40. The molecule has 2 saturated heterocycles. The van der Waals surface area contributed by atoms with Crippen molar-refractivity contribution < 1.29 is 9.53 Å². The number of nitrogens with zero attached hydrogens (tertiary/aromatic N) is 1. The Kier molecular flexibility index (Phi) is 5.64. The van der Waals surface area contributed by atoms with Crippen LogP contribution in [0.15, 0.2) is 0 Å². The quantitative estimate of drug-likeness (QED) is 0.772. The summed E-state index contributed by atoms with van der Waals surface area (Å²) in [5, 5.41) is 3.39. The second-order valence-electron chi connectivity index (χ2n) is 6.23. The summed E-state index contributed by atoms with van der Waals surface area (Å²) >= 11 is 0. The van der Waals surface area contributed by atoms with Crippen LogP contribution in [0.2, 0.25) is 0 Å². The van der Waals surface area contributed by atoms with Gasteiger partial charge in [-0.2, -0.15) is 0 Å². The second-order valence-corrected chi connectivity index (χ2v) is 6.23. The van der Waals surface area contributed by atoms with Gasteiger partial charge in [-0.3, -0.25) is 9.69 Å². The molecule has 1 N–H and O–H groups in total. The van der Waals surface area contributed by atoms with Gasteiger partial charge in [-0.15, -0.1) is 0 Å². The van der Waals surface area contributed by atoms with E-state index in [-0.39, 0.29) is 12.0 Å². The van der Waals surface area contributed by atoms with Gasteiger partial charge in [0.25, 0.3) is 0 Å². The Bertz CT molecular complexity index is 288. The van der Waals surface area contributed by atoms with E-state index in [9.17, 15) is 4.79 Å².